The van der Waals surface area contributed by atoms with Crippen LogP contribution < -0.4 is 5.32 Å². The quantitative estimate of drug-likeness (QED) is 0.870. The van der Waals surface area contributed by atoms with Gasteiger partial charge in [-0.25, -0.2) is 0 Å². The Morgan fingerprint density at radius 1 is 1.30 bits per heavy atom. The number of allylic oxidation sites excluding steroid dienone is 1. The molecule has 0 radical (unpaired) electrons. The summed E-state index contributed by atoms with van der Waals surface area (Å²) in [5, 5.41) is 2.95. The van der Waals surface area contributed by atoms with Gasteiger partial charge in [-0.3, -0.25) is 9.78 Å². The lowest BCUT2D eigenvalue weighted by Crippen LogP contribution is -2.18. The lowest BCUT2D eigenvalue weighted by atomic mass is 9.93. The molecule has 3 rings (SSSR count). The van der Waals surface area contributed by atoms with Gasteiger partial charge in [0.05, 0.1) is 0 Å². The van der Waals surface area contributed by atoms with E-state index >= 15 is 0 Å². The van der Waals surface area contributed by atoms with Crippen LogP contribution in [0.4, 0.5) is 5.69 Å². The first kappa shape index (κ1) is 15.5. The van der Waals surface area contributed by atoms with Crippen LogP contribution in [0.15, 0.2) is 42.7 Å². The minimum atomic E-state index is 0.113. The van der Waals surface area contributed by atoms with Crippen molar-refractivity contribution in [1.82, 2.24) is 4.98 Å². The second-order valence-electron chi connectivity index (χ2n) is 5.98. The zero-order valence-corrected chi connectivity index (χ0v) is 13.5. The van der Waals surface area contributed by atoms with Gasteiger partial charge in [0.1, 0.15) is 0 Å². The zero-order chi connectivity index (χ0) is 16.1. The number of hydrogen-bond acceptors (Lipinski definition) is 2. The number of carbonyl (C=O) groups excluding carboxylic acids is 1. The Kier molecular flexibility index (Phi) is 4.86. The molecule has 1 aromatic carbocycles. The van der Waals surface area contributed by atoms with E-state index in [4.69, 9.17) is 0 Å². The third-order valence-electron chi connectivity index (χ3n) is 4.20. The first-order valence-corrected chi connectivity index (χ1v) is 8.30. The van der Waals surface area contributed by atoms with Crippen LogP contribution in [0, 0.1) is 0 Å². The van der Waals surface area contributed by atoms with Crippen molar-refractivity contribution in [2.45, 2.75) is 39.0 Å². The maximum absolute atomic E-state index is 11.5. The molecule has 1 aliphatic rings. The molecule has 1 aromatic heterocycles. The summed E-state index contributed by atoms with van der Waals surface area (Å²) in [4.78, 5) is 15.7. The number of hydrogen-bond donors (Lipinski definition) is 1. The lowest BCUT2D eigenvalue weighted by molar-refractivity contribution is -0.116. The van der Waals surface area contributed by atoms with Crippen molar-refractivity contribution < 1.29 is 4.79 Å². The number of fused-ring (bicyclic) bond motifs is 1. The Labute approximate surface area is 137 Å². The molecule has 3 nitrogen and oxygen atoms in total. The number of amides is 1. The summed E-state index contributed by atoms with van der Waals surface area (Å²) in [6.07, 6.45) is 10.7. The predicted octanol–water partition coefficient (Wildman–Crippen LogP) is 4.70. The highest BCUT2D eigenvalue weighted by Gasteiger charge is 2.15. The number of aromatic nitrogens is 1. The number of nitrogens with one attached hydrogen (secondary N) is 1. The van der Waals surface area contributed by atoms with Crippen LogP contribution in [-0.2, 0) is 11.2 Å². The van der Waals surface area contributed by atoms with Crippen LogP contribution in [0.3, 0.4) is 0 Å². The summed E-state index contributed by atoms with van der Waals surface area (Å²) < 4.78 is 0. The number of pyridine rings is 1. The van der Waals surface area contributed by atoms with Gasteiger partial charge in [0.15, 0.2) is 0 Å². The second-order valence-corrected chi connectivity index (χ2v) is 5.98. The highest BCUT2D eigenvalue weighted by Crippen LogP contribution is 2.30. The number of unbranched alkanes of at least 4 members (excludes halogenated alkanes) is 1. The van der Waals surface area contributed by atoms with E-state index in [-0.39, 0.29) is 5.91 Å². The third-order valence-corrected chi connectivity index (χ3v) is 4.20. The van der Waals surface area contributed by atoms with Crippen molar-refractivity contribution in [3.05, 3.63) is 59.4 Å². The van der Waals surface area contributed by atoms with Gasteiger partial charge in [-0.2, -0.15) is 0 Å². The molecule has 1 N–H and O–H groups in total. The van der Waals surface area contributed by atoms with E-state index in [1.165, 1.54) is 29.5 Å². The number of benzene rings is 1. The molecule has 0 saturated carbocycles. The summed E-state index contributed by atoms with van der Waals surface area (Å²) in [5.74, 6) is 0.113. The minimum absolute atomic E-state index is 0.113. The molecule has 0 saturated heterocycles. The Morgan fingerprint density at radius 2 is 2.22 bits per heavy atom. The minimum Gasteiger partial charge on any atom is -0.326 e. The van der Waals surface area contributed by atoms with Crippen LogP contribution in [0.2, 0.25) is 0 Å². The van der Waals surface area contributed by atoms with Gasteiger partial charge in [0.25, 0.3) is 0 Å². The second kappa shape index (κ2) is 7.23. The number of carbonyl (C=O) groups is 1. The van der Waals surface area contributed by atoms with E-state index < -0.39 is 0 Å². The average molecular weight is 306 g/mol. The fraction of sp³-hybridized carbons (Fsp3) is 0.300. The van der Waals surface area contributed by atoms with Gasteiger partial charge in [-0.15, -0.1) is 0 Å². The van der Waals surface area contributed by atoms with E-state index in [9.17, 15) is 4.79 Å². The molecular weight excluding hydrogens is 284 g/mol. The summed E-state index contributed by atoms with van der Waals surface area (Å²) in [7, 11) is 0. The van der Waals surface area contributed by atoms with E-state index in [0.717, 1.165) is 24.1 Å². The molecule has 0 fully saturated rings. The molecule has 0 spiro atoms. The van der Waals surface area contributed by atoms with Crippen LogP contribution in [-0.4, -0.2) is 10.9 Å². The molecule has 1 amide bonds. The van der Waals surface area contributed by atoms with Crippen molar-refractivity contribution >= 4 is 23.2 Å². The van der Waals surface area contributed by atoms with Crippen molar-refractivity contribution in [1.29, 1.82) is 0 Å². The van der Waals surface area contributed by atoms with Gasteiger partial charge in [0, 0.05) is 24.5 Å². The van der Waals surface area contributed by atoms with Crippen LogP contribution in [0.1, 0.15) is 49.3 Å². The number of rotatable bonds is 5. The van der Waals surface area contributed by atoms with E-state index in [1.807, 2.05) is 18.3 Å². The molecule has 2 aromatic rings. The fourth-order valence-electron chi connectivity index (χ4n) is 2.91. The summed E-state index contributed by atoms with van der Waals surface area (Å²) in [6.45, 7) is 2.21. The first-order chi connectivity index (χ1) is 11.3. The Bertz CT molecular complexity index is 720. The van der Waals surface area contributed by atoms with Crippen molar-refractivity contribution in [2.24, 2.45) is 0 Å². The Hall–Kier alpha value is -2.42. The lowest BCUT2D eigenvalue weighted by Gasteiger charge is -2.18. The predicted molar refractivity (Wildman–Crippen MR) is 95.0 cm³/mol. The van der Waals surface area contributed by atoms with E-state index in [1.54, 1.807) is 6.20 Å². The normalized spacial score (nSPS) is 14.3. The van der Waals surface area contributed by atoms with Crippen LogP contribution in [0.25, 0.3) is 11.6 Å². The molecule has 2 heterocycles. The first-order valence-electron chi connectivity index (χ1n) is 8.30. The molecule has 0 aliphatic carbocycles. The van der Waals surface area contributed by atoms with Gasteiger partial charge >= 0.3 is 0 Å². The monoisotopic (exact) mass is 306 g/mol. The summed E-state index contributed by atoms with van der Waals surface area (Å²) in [6, 6.07) is 10.4. The Morgan fingerprint density at radius 3 is 3.00 bits per heavy atom. The SMILES string of the molecule is CCCC/C(=C\c1cccnc1)c1ccc2c(c1)CCC(=O)N2. The number of nitrogens with zero attached hydrogens (tertiary/aromatic N) is 1. The molecule has 0 atom stereocenters. The molecular formula is C20H22N2O. The molecule has 23 heavy (non-hydrogen) atoms. The zero-order valence-electron chi connectivity index (χ0n) is 13.5. The topological polar surface area (TPSA) is 42.0 Å². The summed E-state index contributed by atoms with van der Waals surface area (Å²) >= 11 is 0. The third kappa shape index (κ3) is 3.86. The molecule has 118 valence electrons. The van der Waals surface area contributed by atoms with Gasteiger partial charge in [0.2, 0.25) is 5.91 Å². The van der Waals surface area contributed by atoms with Gasteiger partial charge in [-0.05, 0) is 65.8 Å². The van der Waals surface area contributed by atoms with Gasteiger partial charge < -0.3 is 5.32 Å². The smallest absolute Gasteiger partial charge is 0.224 e. The number of anilines is 1. The molecule has 0 unspecified atom stereocenters. The van der Waals surface area contributed by atoms with Crippen molar-refractivity contribution in [2.75, 3.05) is 5.32 Å². The van der Waals surface area contributed by atoms with Crippen molar-refractivity contribution in [3.63, 3.8) is 0 Å². The fourth-order valence-corrected chi connectivity index (χ4v) is 2.91. The maximum Gasteiger partial charge on any atom is 0.224 e. The highest BCUT2D eigenvalue weighted by molar-refractivity contribution is 5.94. The van der Waals surface area contributed by atoms with E-state index in [0.29, 0.717) is 6.42 Å². The average Bonchev–Trinajstić information content (AvgIpc) is 2.59. The summed E-state index contributed by atoms with van der Waals surface area (Å²) in [5.41, 5.74) is 5.90. The number of aryl methyl sites for hydroxylation is 1. The molecule has 3 heteroatoms. The maximum atomic E-state index is 11.5. The highest BCUT2D eigenvalue weighted by atomic mass is 16.1. The largest absolute Gasteiger partial charge is 0.326 e. The van der Waals surface area contributed by atoms with E-state index in [2.05, 4.69) is 41.5 Å². The van der Waals surface area contributed by atoms with Crippen LogP contribution in [0.5, 0.6) is 0 Å². The molecule has 1 aliphatic heterocycles. The molecule has 0 bridgehead atoms. The standard InChI is InChI=1S/C20H22N2O/c1-2-3-6-16(12-15-5-4-11-21-14-15)17-7-9-19-18(13-17)8-10-20(23)22-19/h4-5,7,9,11-14H,2-3,6,8,10H2,1H3,(H,22,23)/b16-12+. The van der Waals surface area contributed by atoms with Crippen LogP contribution >= 0.6 is 0 Å². The Balaban J connectivity index is 1.94. The van der Waals surface area contributed by atoms with Crippen molar-refractivity contribution in [3.8, 4) is 0 Å². The van der Waals surface area contributed by atoms with Gasteiger partial charge in [-0.1, -0.05) is 25.5 Å².